The Morgan fingerprint density at radius 1 is 1.19 bits per heavy atom. The summed E-state index contributed by atoms with van der Waals surface area (Å²) in [6, 6.07) is 8.12. The van der Waals surface area contributed by atoms with Crippen molar-refractivity contribution in [3.05, 3.63) is 29.8 Å². The molecule has 1 atom stereocenters. The summed E-state index contributed by atoms with van der Waals surface area (Å²) < 4.78 is 5.14. The molecule has 0 spiro atoms. The van der Waals surface area contributed by atoms with Crippen LogP contribution in [-0.2, 0) is 4.79 Å². The van der Waals surface area contributed by atoms with E-state index in [0.717, 1.165) is 25.0 Å². The number of ether oxygens (including phenoxy) is 1. The van der Waals surface area contributed by atoms with Crippen molar-refractivity contribution < 1.29 is 9.53 Å². The molecule has 2 nitrogen and oxygen atoms in total. The molecule has 0 aliphatic heterocycles. The monoisotopic (exact) mass is 218 g/mol. The van der Waals surface area contributed by atoms with Gasteiger partial charge in [-0.05, 0) is 36.5 Å². The zero-order valence-electron chi connectivity index (χ0n) is 9.74. The molecule has 1 aromatic carbocycles. The summed E-state index contributed by atoms with van der Waals surface area (Å²) in [5, 5.41) is 0. The number of methoxy groups -OCH3 is 1. The Labute approximate surface area is 96.6 Å². The fraction of sp³-hybridized carbons (Fsp3) is 0.500. The van der Waals surface area contributed by atoms with Crippen LogP contribution in [-0.4, -0.2) is 12.9 Å². The summed E-state index contributed by atoms with van der Waals surface area (Å²) in [5.74, 6) is 1.71. The number of benzene rings is 1. The van der Waals surface area contributed by atoms with Gasteiger partial charge in [0.1, 0.15) is 11.5 Å². The minimum Gasteiger partial charge on any atom is -0.497 e. The number of Topliss-reactive ketones (excluding diaryl/α,β-unsaturated/α-hetero) is 1. The highest BCUT2D eigenvalue weighted by molar-refractivity contribution is 5.79. The average Bonchev–Trinajstić information content (AvgIpc) is 2.54. The normalized spacial score (nSPS) is 21.6. The van der Waals surface area contributed by atoms with Crippen LogP contribution in [0, 0.1) is 0 Å². The number of rotatable bonds is 2. The summed E-state index contributed by atoms with van der Waals surface area (Å²) >= 11 is 0. The molecule has 1 aliphatic carbocycles. The van der Waals surface area contributed by atoms with Crippen LogP contribution in [0.1, 0.15) is 43.6 Å². The van der Waals surface area contributed by atoms with E-state index in [9.17, 15) is 4.79 Å². The number of ketones is 1. The van der Waals surface area contributed by atoms with E-state index < -0.39 is 0 Å². The lowest BCUT2D eigenvalue weighted by Gasteiger charge is -2.13. The molecule has 0 bridgehead atoms. The zero-order chi connectivity index (χ0) is 11.4. The Bertz CT molecular complexity index is 354. The maximum atomic E-state index is 11.6. The molecule has 0 aromatic heterocycles. The van der Waals surface area contributed by atoms with Crippen LogP contribution in [0.3, 0.4) is 0 Å². The molecule has 0 amide bonds. The van der Waals surface area contributed by atoms with Crippen molar-refractivity contribution in [2.75, 3.05) is 7.11 Å². The van der Waals surface area contributed by atoms with Gasteiger partial charge in [-0.1, -0.05) is 18.6 Å². The van der Waals surface area contributed by atoms with Crippen LogP contribution in [0.2, 0.25) is 0 Å². The van der Waals surface area contributed by atoms with Crippen molar-refractivity contribution in [3.63, 3.8) is 0 Å². The van der Waals surface area contributed by atoms with Crippen LogP contribution >= 0.6 is 0 Å². The van der Waals surface area contributed by atoms with Gasteiger partial charge in [-0.15, -0.1) is 0 Å². The predicted octanol–water partition coefficient (Wildman–Crippen LogP) is 3.31. The first-order valence-corrected chi connectivity index (χ1v) is 5.95. The van der Waals surface area contributed by atoms with E-state index >= 15 is 0 Å². The maximum Gasteiger partial charge on any atom is 0.133 e. The van der Waals surface area contributed by atoms with Gasteiger partial charge >= 0.3 is 0 Å². The summed E-state index contributed by atoms with van der Waals surface area (Å²) in [4.78, 5) is 11.6. The Morgan fingerprint density at radius 3 is 2.62 bits per heavy atom. The highest BCUT2D eigenvalue weighted by Gasteiger charge is 2.19. The van der Waals surface area contributed by atoms with Crippen LogP contribution in [0.4, 0.5) is 0 Å². The number of carbonyl (C=O) groups is 1. The molecule has 0 heterocycles. The quantitative estimate of drug-likeness (QED) is 0.712. The first kappa shape index (κ1) is 11.2. The molecular formula is C14H18O2. The second kappa shape index (κ2) is 5.15. The van der Waals surface area contributed by atoms with E-state index in [1.807, 2.05) is 12.1 Å². The van der Waals surface area contributed by atoms with Crippen molar-refractivity contribution >= 4 is 5.78 Å². The highest BCUT2D eigenvalue weighted by Crippen LogP contribution is 2.30. The molecule has 16 heavy (non-hydrogen) atoms. The second-order valence-electron chi connectivity index (χ2n) is 4.46. The summed E-state index contributed by atoms with van der Waals surface area (Å²) in [5.41, 5.74) is 1.27. The third-order valence-electron chi connectivity index (χ3n) is 3.32. The summed E-state index contributed by atoms with van der Waals surface area (Å²) in [7, 11) is 1.67. The highest BCUT2D eigenvalue weighted by atomic mass is 16.5. The van der Waals surface area contributed by atoms with Crippen LogP contribution in [0.25, 0.3) is 0 Å². The van der Waals surface area contributed by atoms with Crippen molar-refractivity contribution in [1.82, 2.24) is 0 Å². The standard InChI is InChI=1S/C14H18O2/c1-16-14-8-6-11(7-9-14)12-4-2-3-5-13(15)10-12/h6-9,12H,2-5,10H2,1H3/t12-/m1/s1. The van der Waals surface area contributed by atoms with E-state index in [2.05, 4.69) is 12.1 Å². The van der Waals surface area contributed by atoms with Gasteiger partial charge < -0.3 is 4.74 Å². The summed E-state index contributed by atoms with van der Waals surface area (Å²) in [6.45, 7) is 0. The van der Waals surface area contributed by atoms with Gasteiger partial charge in [0.05, 0.1) is 7.11 Å². The van der Waals surface area contributed by atoms with Gasteiger partial charge in [0.25, 0.3) is 0 Å². The van der Waals surface area contributed by atoms with E-state index in [-0.39, 0.29) is 0 Å². The molecule has 0 radical (unpaired) electrons. The number of hydrogen-bond acceptors (Lipinski definition) is 2. The SMILES string of the molecule is COc1ccc([C@@H]2CCCCC(=O)C2)cc1. The lowest BCUT2D eigenvalue weighted by atomic mass is 9.91. The lowest BCUT2D eigenvalue weighted by molar-refractivity contribution is -0.119. The molecule has 2 heteroatoms. The van der Waals surface area contributed by atoms with Crippen LogP contribution in [0.15, 0.2) is 24.3 Å². The van der Waals surface area contributed by atoms with Crippen molar-refractivity contribution in [1.29, 1.82) is 0 Å². The van der Waals surface area contributed by atoms with Gasteiger partial charge in [-0.3, -0.25) is 4.79 Å². The van der Waals surface area contributed by atoms with E-state index in [0.29, 0.717) is 18.1 Å². The van der Waals surface area contributed by atoms with Gasteiger partial charge in [0.15, 0.2) is 0 Å². The maximum absolute atomic E-state index is 11.6. The molecule has 1 saturated carbocycles. The zero-order valence-corrected chi connectivity index (χ0v) is 9.74. The Hall–Kier alpha value is -1.31. The average molecular weight is 218 g/mol. The summed E-state index contributed by atoms with van der Waals surface area (Å²) in [6.07, 6.45) is 4.85. The Morgan fingerprint density at radius 2 is 1.94 bits per heavy atom. The molecule has 0 N–H and O–H groups in total. The fourth-order valence-electron chi connectivity index (χ4n) is 2.35. The fourth-order valence-corrected chi connectivity index (χ4v) is 2.35. The topological polar surface area (TPSA) is 26.3 Å². The Balaban J connectivity index is 2.12. The van der Waals surface area contributed by atoms with Crippen LogP contribution in [0.5, 0.6) is 5.75 Å². The number of hydrogen-bond donors (Lipinski definition) is 0. The molecule has 1 fully saturated rings. The van der Waals surface area contributed by atoms with E-state index in [1.54, 1.807) is 7.11 Å². The predicted molar refractivity (Wildman–Crippen MR) is 63.8 cm³/mol. The lowest BCUT2D eigenvalue weighted by Crippen LogP contribution is -2.03. The largest absolute Gasteiger partial charge is 0.497 e. The molecule has 86 valence electrons. The molecule has 0 saturated heterocycles. The molecule has 1 aliphatic rings. The van der Waals surface area contributed by atoms with Gasteiger partial charge in [0, 0.05) is 12.8 Å². The molecule has 2 rings (SSSR count). The third kappa shape index (κ3) is 2.63. The van der Waals surface area contributed by atoms with Crippen molar-refractivity contribution in [2.24, 2.45) is 0 Å². The van der Waals surface area contributed by atoms with Crippen molar-refractivity contribution in [3.8, 4) is 5.75 Å². The van der Waals surface area contributed by atoms with E-state index in [4.69, 9.17) is 4.74 Å². The van der Waals surface area contributed by atoms with E-state index in [1.165, 1.54) is 12.0 Å². The van der Waals surface area contributed by atoms with Gasteiger partial charge in [-0.25, -0.2) is 0 Å². The van der Waals surface area contributed by atoms with Crippen molar-refractivity contribution in [2.45, 2.75) is 38.0 Å². The minimum atomic E-state index is 0.415. The third-order valence-corrected chi connectivity index (χ3v) is 3.32. The van der Waals surface area contributed by atoms with Gasteiger partial charge in [0.2, 0.25) is 0 Å². The van der Waals surface area contributed by atoms with Gasteiger partial charge in [-0.2, -0.15) is 0 Å². The number of carbonyl (C=O) groups excluding carboxylic acids is 1. The second-order valence-corrected chi connectivity index (χ2v) is 4.46. The molecule has 0 unspecified atom stereocenters. The Kier molecular flexibility index (Phi) is 3.60. The molecular weight excluding hydrogens is 200 g/mol. The first-order valence-electron chi connectivity index (χ1n) is 5.95. The molecule has 1 aromatic rings. The first-order chi connectivity index (χ1) is 7.79. The minimum absolute atomic E-state index is 0.415. The van der Waals surface area contributed by atoms with Crippen LogP contribution < -0.4 is 4.74 Å². The smallest absolute Gasteiger partial charge is 0.133 e.